The van der Waals surface area contributed by atoms with Gasteiger partial charge >= 0.3 is 6.09 Å². The van der Waals surface area contributed by atoms with Crippen LogP contribution in [0.2, 0.25) is 0 Å². The lowest BCUT2D eigenvalue weighted by molar-refractivity contribution is 0.0530. The quantitative estimate of drug-likeness (QED) is 0.663. The van der Waals surface area contributed by atoms with Crippen LogP contribution in [0.25, 0.3) is 0 Å². The SMILES string of the molecule is CN(C)C(=O)OC1CCC(N)CC1. The van der Waals surface area contributed by atoms with Crippen molar-refractivity contribution >= 4 is 6.09 Å². The number of rotatable bonds is 1. The van der Waals surface area contributed by atoms with Crippen LogP contribution < -0.4 is 5.73 Å². The van der Waals surface area contributed by atoms with Gasteiger partial charge in [0.25, 0.3) is 0 Å². The molecular formula is C9H18N2O2. The zero-order valence-electron chi connectivity index (χ0n) is 8.32. The molecule has 0 heterocycles. The van der Waals surface area contributed by atoms with E-state index in [-0.39, 0.29) is 12.2 Å². The van der Waals surface area contributed by atoms with Crippen molar-refractivity contribution in [2.75, 3.05) is 14.1 Å². The van der Waals surface area contributed by atoms with Gasteiger partial charge in [-0.3, -0.25) is 0 Å². The summed E-state index contributed by atoms with van der Waals surface area (Å²) in [5.74, 6) is 0. The smallest absolute Gasteiger partial charge is 0.409 e. The number of carbonyl (C=O) groups excluding carboxylic acids is 1. The molecule has 1 aliphatic rings. The maximum atomic E-state index is 11.2. The van der Waals surface area contributed by atoms with Crippen LogP contribution in [0.3, 0.4) is 0 Å². The molecule has 0 radical (unpaired) electrons. The van der Waals surface area contributed by atoms with Gasteiger partial charge in [-0.05, 0) is 25.7 Å². The van der Waals surface area contributed by atoms with Crippen LogP contribution in [-0.4, -0.2) is 37.2 Å². The molecule has 0 aromatic heterocycles. The predicted molar refractivity (Wildman–Crippen MR) is 50.4 cm³/mol. The lowest BCUT2D eigenvalue weighted by Crippen LogP contribution is -2.34. The Kier molecular flexibility index (Phi) is 3.54. The zero-order valence-corrected chi connectivity index (χ0v) is 8.32. The van der Waals surface area contributed by atoms with Crippen molar-refractivity contribution in [3.05, 3.63) is 0 Å². The fourth-order valence-electron chi connectivity index (χ4n) is 1.45. The molecule has 2 N–H and O–H groups in total. The minimum Gasteiger partial charge on any atom is -0.446 e. The predicted octanol–water partition coefficient (Wildman–Crippen LogP) is 0.955. The maximum absolute atomic E-state index is 11.2. The molecule has 0 atom stereocenters. The van der Waals surface area contributed by atoms with E-state index in [9.17, 15) is 4.79 Å². The Hall–Kier alpha value is -0.770. The highest BCUT2D eigenvalue weighted by Crippen LogP contribution is 2.20. The lowest BCUT2D eigenvalue weighted by atomic mass is 9.94. The van der Waals surface area contributed by atoms with E-state index in [0.717, 1.165) is 25.7 Å². The molecule has 1 fully saturated rings. The average Bonchev–Trinajstić information content (AvgIpc) is 2.08. The summed E-state index contributed by atoms with van der Waals surface area (Å²) in [6.45, 7) is 0. The molecule has 1 rings (SSSR count). The molecule has 0 aromatic carbocycles. The molecule has 1 amide bonds. The van der Waals surface area contributed by atoms with Crippen LogP contribution in [0.4, 0.5) is 4.79 Å². The standard InChI is InChI=1S/C9H18N2O2/c1-11(2)9(12)13-8-5-3-7(10)4-6-8/h7-8H,3-6,10H2,1-2H3. The second kappa shape index (κ2) is 4.46. The number of nitrogens with zero attached hydrogens (tertiary/aromatic N) is 1. The topological polar surface area (TPSA) is 55.6 Å². The van der Waals surface area contributed by atoms with Crippen LogP contribution >= 0.6 is 0 Å². The molecule has 4 heteroatoms. The van der Waals surface area contributed by atoms with Crippen molar-refractivity contribution in [2.24, 2.45) is 5.73 Å². The summed E-state index contributed by atoms with van der Waals surface area (Å²) < 4.78 is 5.23. The van der Waals surface area contributed by atoms with E-state index in [1.54, 1.807) is 14.1 Å². The molecule has 0 aliphatic heterocycles. The van der Waals surface area contributed by atoms with Crippen molar-refractivity contribution in [1.82, 2.24) is 4.90 Å². The third-order valence-electron chi connectivity index (χ3n) is 2.35. The molecule has 1 saturated carbocycles. The summed E-state index contributed by atoms with van der Waals surface area (Å²) >= 11 is 0. The third-order valence-corrected chi connectivity index (χ3v) is 2.35. The molecule has 4 nitrogen and oxygen atoms in total. The first-order valence-corrected chi connectivity index (χ1v) is 4.73. The highest BCUT2D eigenvalue weighted by Gasteiger charge is 2.22. The molecule has 0 spiro atoms. The summed E-state index contributed by atoms with van der Waals surface area (Å²) in [5.41, 5.74) is 5.74. The lowest BCUT2D eigenvalue weighted by Gasteiger charge is -2.26. The molecule has 1 aliphatic carbocycles. The zero-order chi connectivity index (χ0) is 9.84. The van der Waals surface area contributed by atoms with E-state index < -0.39 is 0 Å². The van der Waals surface area contributed by atoms with E-state index in [2.05, 4.69) is 0 Å². The van der Waals surface area contributed by atoms with Crippen molar-refractivity contribution in [2.45, 2.75) is 37.8 Å². The third kappa shape index (κ3) is 3.22. The van der Waals surface area contributed by atoms with Gasteiger partial charge in [0.05, 0.1) is 0 Å². The van der Waals surface area contributed by atoms with Crippen molar-refractivity contribution in [3.63, 3.8) is 0 Å². The van der Waals surface area contributed by atoms with E-state index in [1.807, 2.05) is 0 Å². The van der Waals surface area contributed by atoms with Gasteiger partial charge in [0, 0.05) is 20.1 Å². The van der Waals surface area contributed by atoms with Gasteiger partial charge < -0.3 is 15.4 Å². The second-order valence-electron chi connectivity index (χ2n) is 3.81. The fourth-order valence-corrected chi connectivity index (χ4v) is 1.45. The number of hydrogen-bond acceptors (Lipinski definition) is 3. The van der Waals surface area contributed by atoms with Gasteiger partial charge in [0.15, 0.2) is 0 Å². The Morgan fingerprint density at radius 1 is 1.31 bits per heavy atom. The second-order valence-corrected chi connectivity index (χ2v) is 3.81. The van der Waals surface area contributed by atoms with Gasteiger partial charge in [-0.2, -0.15) is 0 Å². The molecule has 0 bridgehead atoms. The van der Waals surface area contributed by atoms with Gasteiger partial charge in [0.1, 0.15) is 6.10 Å². The van der Waals surface area contributed by atoms with Crippen LogP contribution in [0.1, 0.15) is 25.7 Å². The highest BCUT2D eigenvalue weighted by atomic mass is 16.6. The Labute approximate surface area is 79.0 Å². The summed E-state index contributed by atoms with van der Waals surface area (Å²) in [5, 5.41) is 0. The minimum atomic E-state index is -0.250. The Bertz CT molecular complexity index is 174. The van der Waals surface area contributed by atoms with Gasteiger partial charge in [-0.1, -0.05) is 0 Å². The Morgan fingerprint density at radius 2 is 1.85 bits per heavy atom. The molecule has 13 heavy (non-hydrogen) atoms. The number of ether oxygens (including phenoxy) is 1. The number of amides is 1. The molecule has 76 valence electrons. The first-order valence-electron chi connectivity index (χ1n) is 4.73. The summed E-state index contributed by atoms with van der Waals surface area (Å²) in [4.78, 5) is 12.6. The molecule has 0 saturated heterocycles. The van der Waals surface area contributed by atoms with E-state index in [4.69, 9.17) is 10.5 Å². The van der Waals surface area contributed by atoms with Crippen LogP contribution in [0.15, 0.2) is 0 Å². The highest BCUT2D eigenvalue weighted by molar-refractivity contribution is 5.66. The van der Waals surface area contributed by atoms with Crippen molar-refractivity contribution in [1.29, 1.82) is 0 Å². The summed E-state index contributed by atoms with van der Waals surface area (Å²) in [6.07, 6.45) is 3.56. The first kappa shape index (κ1) is 10.3. The number of nitrogens with two attached hydrogens (primary N) is 1. The largest absolute Gasteiger partial charge is 0.446 e. The first-order chi connectivity index (χ1) is 6.09. The normalized spacial score (nSPS) is 28.2. The van der Waals surface area contributed by atoms with Gasteiger partial charge in [-0.15, -0.1) is 0 Å². The van der Waals surface area contributed by atoms with E-state index in [1.165, 1.54) is 4.90 Å². The summed E-state index contributed by atoms with van der Waals surface area (Å²) in [6, 6.07) is 0.300. The van der Waals surface area contributed by atoms with Gasteiger partial charge in [-0.25, -0.2) is 4.79 Å². The number of carbonyl (C=O) groups is 1. The van der Waals surface area contributed by atoms with Crippen LogP contribution in [0, 0.1) is 0 Å². The Morgan fingerprint density at radius 3 is 2.31 bits per heavy atom. The average molecular weight is 186 g/mol. The molecule has 0 aromatic rings. The van der Waals surface area contributed by atoms with Crippen LogP contribution in [-0.2, 0) is 4.74 Å². The maximum Gasteiger partial charge on any atom is 0.409 e. The monoisotopic (exact) mass is 186 g/mol. The van der Waals surface area contributed by atoms with E-state index >= 15 is 0 Å². The molecular weight excluding hydrogens is 168 g/mol. The number of hydrogen-bond donors (Lipinski definition) is 1. The summed E-state index contributed by atoms with van der Waals surface area (Å²) in [7, 11) is 3.38. The van der Waals surface area contributed by atoms with Crippen molar-refractivity contribution in [3.8, 4) is 0 Å². The Balaban J connectivity index is 2.26. The van der Waals surface area contributed by atoms with E-state index in [0.29, 0.717) is 6.04 Å². The minimum absolute atomic E-state index is 0.0784. The van der Waals surface area contributed by atoms with Crippen molar-refractivity contribution < 1.29 is 9.53 Å². The van der Waals surface area contributed by atoms with Gasteiger partial charge in [0.2, 0.25) is 0 Å². The van der Waals surface area contributed by atoms with Crippen LogP contribution in [0.5, 0.6) is 0 Å². The molecule has 0 unspecified atom stereocenters. The fraction of sp³-hybridized carbons (Fsp3) is 0.889.